The van der Waals surface area contributed by atoms with Crippen LogP contribution in [0, 0.1) is 0 Å². The van der Waals surface area contributed by atoms with Crippen molar-refractivity contribution in [3.05, 3.63) is 21.0 Å². The van der Waals surface area contributed by atoms with Crippen LogP contribution in [-0.2, 0) is 6.54 Å². The summed E-state index contributed by atoms with van der Waals surface area (Å²) in [5.41, 5.74) is 0.565. The van der Waals surface area contributed by atoms with Crippen LogP contribution >= 0.6 is 15.9 Å². The molecule has 0 saturated heterocycles. The van der Waals surface area contributed by atoms with Crippen molar-refractivity contribution in [1.82, 2.24) is 14.7 Å². The van der Waals surface area contributed by atoms with E-state index in [2.05, 4.69) is 26.3 Å². The van der Waals surface area contributed by atoms with Gasteiger partial charge in [0.05, 0.1) is 24.5 Å². The first kappa shape index (κ1) is 14.5. The first-order chi connectivity index (χ1) is 8.97. The highest BCUT2D eigenvalue weighted by Gasteiger charge is 2.27. The Morgan fingerprint density at radius 1 is 1.58 bits per heavy atom. The SMILES string of the molecule is CN(C)CCn1ncc(NC2CC(O)C2)c(Br)c1=O. The van der Waals surface area contributed by atoms with Crippen molar-refractivity contribution < 1.29 is 5.11 Å². The molecular formula is C12H19BrN4O2. The molecule has 2 rings (SSSR count). The lowest BCUT2D eigenvalue weighted by Crippen LogP contribution is -2.39. The third kappa shape index (κ3) is 3.55. The number of rotatable bonds is 5. The maximum atomic E-state index is 12.1. The molecule has 7 heteroatoms. The van der Waals surface area contributed by atoms with Crippen LogP contribution in [0.2, 0.25) is 0 Å². The zero-order valence-corrected chi connectivity index (χ0v) is 12.7. The minimum absolute atomic E-state index is 0.133. The van der Waals surface area contributed by atoms with Crippen molar-refractivity contribution in [3.8, 4) is 0 Å². The lowest BCUT2D eigenvalue weighted by atomic mass is 9.89. The lowest BCUT2D eigenvalue weighted by Gasteiger charge is -2.32. The monoisotopic (exact) mass is 330 g/mol. The van der Waals surface area contributed by atoms with Gasteiger partial charge >= 0.3 is 0 Å². The van der Waals surface area contributed by atoms with Crippen LogP contribution in [0.15, 0.2) is 15.5 Å². The first-order valence-electron chi connectivity index (χ1n) is 6.32. The summed E-state index contributed by atoms with van der Waals surface area (Å²) in [5, 5.41) is 16.6. The minimum Gasteiger partial charge on any atom is -0.393 e. The van der Waals surface area contributed by atoms with Crippen LogP contribution in [0.5, 0.6) is 0 Å². The van der Waals surface area contributed by atoms with Gasteiger partial charge in [-0.1, -0.05) is 0 Å². The second-order valence-corrected chi connectivity index (χ2v) is 5.96. The second kappa shape index (κ2) is 6.02. The molecule has 1 fully saturated rings. The standard InChI is InChI=1S/C12H19BrN4O2/c1-16(2)3-4-17-12(19)11(13)10(7-14-17)15-8-5-9(18)6-8/h7-9,15,18H,3-6H2,1-2H3. The average Bonchev–Trinajstić information content (AvgIpc) is 2.31. The van der Waals surface area contributed by atoms with Crippen molar-refractivity contribution in [3.63, 3.8) is 0 Å². The molecule has 0 aliphatic heterocycles. The summed E-state index contributed by atoms with van der Waals surface area (Å²) < 4.78 is 1.95. The summed E-state index contributed by atoms with van der Waals surface area (Å²) in [4.78, 5) is 14.1. The summed E-state index contributed by atoms with van der Waals surface area (Å²) in [6.07, 6.45) is 2.88. The van der Waals surface area contributed by atoms with Gasteiger partial charge in [0.2, 0.25) is 0 Å². The maximum Gasteiger partial charge on any atom is 0.283 e. The number of hydrogen-bond donors (Lipinski definition) is 2. The average molecular weight is 331 g/mol. The second-order valence-electron chi connectivity index (χ2n) is 5.17. The molecule has 1 heterocycles. The van der Waals surface area contributed by atoms with E-state index in [0.29, 0.717) is 16.7 Å². The van der Waals surface area contributed by atoms with E-state index < -0.39 is 0 Å². The Morgan fingerprint density at radius 2 is 2.26 bits per heavy atom. The quantitative estimate of drug-likeness (QED) is 0.822. The Labute approximate surface area is 120 Å². The Morgan fingerprint density at radius 3 is 2.84 bits per heavy atom. The first-order valence-corrected chi connectivity index (χ1v) is 7.11. The fourth-order valence-electron chi connectivity index (χ4n) is 1.95. The number of halogens is 1. The normalized spacial score (nSPS) is 22.4. The van der Waals surface area contributed by atoms with Gasteiger partial charge in [-0.2, -0.15) is 5.10 Å². The molecular weight excluding hydrogens is 312 g/mol. The number of likely N-dealkylation sites (N-methyl/N-ethyl adjacent to an activating group) is 1. The van der Waals surface area contributed by atoms with Crippen molar-refractivity contribution in [2.45, 2.75) is 31.5 Å². The van der Waals surface area contributed by atoms with Gasteiger partial charge in [0.1, 0.15) is 4.47 Å². The van der Waals surface area contributed by atoms with Crippen molar-refractivity contribution in [2.75, 3.05) is 26.0 Å². The fourth-order valence-corrected chi connectivity index (χ4v) is 2.37. The minimum atomic E-state index is -0.218. The number of aromatic nitrogens is 2. The van der Waals surface area contributed by atoms with E-state index in [1.807, 2.05) is 19.0 Å². The smallest absolute Gasteiger partial charge is 0.283 e. The van der Waals surface area contributed by atoms with E-state index in [9.17, 15) is 9.90 Å². The molecule has 1 aliphatic carbocycles. The summed E-state index contributed by atoms with van der Waals surface area (Å²) in [7, 11) is 3.91. The number of nitrogens with one attached hydrogen (secondary N) is 1. The molecule has 2 N–H and O–H groups in total. The predicted molar refractivity (Wildman–Crippen MR) is 77.4 cm³/mol. The van der Waals surface area contributed by atoms with Gasteiger partial charge in [0, 0.05) is 12.6 Å². The molecule has 1 aromatic heterocycles. The number of nitrogens with zero attached hydrogens (tertiary/aromatic N) is 3. The Kier molecular flexibility index (Phi) is 4.59. The van der Waals surface area contributed by atoms with E-state index in [1.165, 1.54) is 4.68 Å². The van der Waals surface area contributed by atoms with Crippen molar-refractivity contribution >= 4 is 21.6 Å². The Hall–Kier alpha value is -0.920. The molecule has 19 heavy (non-hydrogen) atoms. The zero-order valence-electron chi connectivity index (χ0n) is 11.1. The molecule has 0 radical (unpaired) electrons. The molecule has 6 nitrogen and oxygen atoms in total. The molecule has 0 atom stereocenters. The van der Waals surface area contributed by atoms with Gasteiger partial charge in [-0.15, -0.1) is 0 Å². The maximum absolute atomic E-state index is 12.1. The number of anilines is 1. The molecule has 1 aromatic rings. The molecule has 1 saturated carbocycles. The van der Waals surface area contributed by atoms with E-state index >= 15 is 0 Å². The van der Waals surface area contributed by atoms with Gasteiger partial charge in [-0.25, -0.2) is 4.68 Å². The van der Waals surface area contributed by atoms with Gasteiger partial charge in [0.25, 0.3) is 5.56 Å². The highest BCUT2D eigenvalue weighted by molar-refractivity contribution is 9.10. The topological polar surface area (TPSA) is 70.4 Å². The van der Waals surface area contributed by atoms with Gasteiger partial charge < -0.3 is 15.3 Å². The zero-order chi connectivity index (χ0) is 14.0. The molecule has 0 unspecified atom stereocenters. The van der Waals surface area contributed by atoms with Crippen molar-refractivity contribution in [2.24, 2.45) is 0 Å². The summed E-state index contributed by atoms with van der Waals surface area (Å²) in [5.74, 6) is 0. The fraction of sp³-hybridized carbons (Fsp3) is 0.667. The summed E-state index contributed by atoms with van der Waals surface area (Å²) >= 11 is 3.32. The summed E-state index contributed by atoms with van der Waals surface area (Å²) in [6, 6.07) is 0.227. The lowest BCUT2D eigenvalue weighted by molar-refractivity contribution is 0.0836. The predicted octanol–water partition coefficient (Wildman–Crippen LogP) is 0.503. The number of aliphatic hydroxyl groups excluding tert-OH is 1. The molecule has 0 bridgehead atoms. The van der Waals surface area contributed by atoms with Gasteiger partial charge in [-0.3, -0.25) is 4.79 Å². The van der Waals surface area contributed by atoms with Crippen LogP contribution in [0.1, 0.15) is 12.8 Å². The van der Waals surface area contributed by atoms with Gasteiger partial charge in [-0.05, 0) is 42.9 Å². The van der Waals surface area contributed by atoms with Crippen molar-refractivity contribution in [1.29, 1.82) is 0 Å². The largest absolute Gasteiger partial charge is 0.393 e. The van der Waals surface area contributed by atoms with Crippen LogP contribution in [-0.4, -0.2) is 52.6 Å². The molecule has 0 amide bonds. The van der Waals surface area contributed by atoms with E-state index in [-0.39, 0.29) is 17.7 Å². The number of hydrogen-bond acceptors (Lipinski definition) is 5. The van der Waals surface area contributed by atoms with Gasteiger partial charge in [0.15, 0.2) is 0 Å². The third-order valence-electron chi connectivity index (χ3n) is 3.22. The van der Waals surface area contributed by atoms with Crippen LogP contribution in [0.4, 0.5) is 5.69 Å². The molecule has 106 valence electrons. The van der Waals surface area contributed by atoms with E-state index in [1.54, 1.807) is 6.20 Å². The highest BCUT2D eigenvalue weighted by Crippen LogP contribution is 2.26. The van der Waals surface area contributed by atoms with Crippen LogP contribution in [0.3, 0.4) is 0 Å². The highest BCUT2D eigenvalue weighted by atomic mass is 79.9. The van der Waals surface area contributed by atoms with E-state index in [4.69, 9.17) is 0 Å². The van der Waals surface area contributed by atoms with Crippen LogP contribution in [0.25, 0.3) is 0 Å². The molecule has 1 aliphatic rings. The number of aliphatic hydroxyl groups is 1. The summed E-state index contributed by atoms with van der Waals surface area (Å²) in [6.45, 7) is 1.33. The molecule has 0 aromatic carbocycles. The van der Waals surface area contributed by atoms with Crippen LogP contribution < -0.4 is 10.9 Å². The molecule has 0 spiro atoms. The van der Waals surface area contributed by atoms with E-state index in [0.717, 1.165) is 19.4 Å². The Balaban J connectivity index is 2.06. The third-order valence-corrected chi connectivity index (χ3v) is 3.98. The Bertz CT molecular complexity index is 497.